The smallest absolute Gasteiger partial charge is 0.175 e. The lowest BCUT2D eigenvalue weighted by molar-refractivity contribution is 0.267. The standard InChI is InChI=1S/C22H28BrNO2/c1-3-25-21-13-17(14-24-19-10-6-7-11-19)12-20(23)22(21)26-15-18-9-5-4-8-16(18)2/h4-5,8-9,12-13,19,24H,3,6-7,10-11,14-15H2,1-2H3. The van der Waals surface area contributed by atoms with Crippen LogP contribution in [0.25, 0.3) is 0 Å². The van der Waals surface area contributed by atoms with Gasteiger partial charge in [-0.2, -0.15) is 0 Å². The van der Waals surface area contributed by atoms with Crippen molar-refractivity contribution in [2.45, 2.75) is 58.7 Å². The van der Waals surface area contributed by atoms with Gasteiger partial charge < -0.3 is 14.8 Å². The Labute approximate surface area is 165 Å². The van der Waals surface area contributed by atoms with Crippen molar-refractivity contribution in [2.24, 2.45) is 0 Å². The minimum Gasteiger partial charge on any atom is -0.490 e. The molecule has 3 nitrogen and oxygen atoms in total. The fourth-order valence-electron chi connectivity index (χ4n) is 3.44. The Bertz CT molecular complexity index is 726. The maximum atomic E-state index is 6.13. The third kappa shape index (κ3) is 5.01. The van der Waals surface area contributed by atoms with Gasteiger partial charge in [-0.05, 0) is 71.4 Å². The molecule has 0 aromatic heterocycles. The lowest BCUT2D eigenvalue weighted by Gasteiger charge is -2.17. The maximum absolute atomic E-state index is 6.13. The Morgan fingerprint density at radius 2 is 1.88 bits per heavy atom. The van der Waals surface area contributed by atoms with Gasteiger partial charge in [-0.25, -0.2) is 0 Å². The molecule has 1 fully saturated rings. The Morgan fingerprint density at radius 1 is 1.12 bits per heavy atom. The number of hydrogen-bond acceptors (Lipinski definition) is 3. The van der Waals surface area contributed by atoms with Crippen LogP contribution < -0.4 is 14.8 Å². The van der Waals surface area contributed by atoms with Crippen molar-refractivity contribution in [3.05, 3.63) is 57.6 Å². The number of ether oxygens (including phenoxy) is 2. The van der Waals surface area contributed by atoms with Crippen molar-refractivity contribution >= 4 is 15.9 Å². The molecule has 4 heteroatoms. The second-order valence-corrected chi connectivity index (χ2v) is 7.77. The zero-order chi connectivity index (χ0) is 18.4. The number of hydrogen-bond donors (Lipinski definition) is 1. The first-order valence-electron chi connectivity index (χ1n) is 9.53. The molecule has 1 N–H and O–H groups in total. The molecule has 3 rings (SSSR count). The van der Waals surface area contributed by atoms with Gasteiger partial charge in [0.05, 0.1) is 11.1 Å². The molecule has 1 aliphatic rings. The molecular weight excluding hydrogens is 390 g/mol. The molecule has 0 saturated heterocycles. The Hall–Kier alpha value is -1.52. The molecule has 0 heterocycles. The molecule has 0 aliphatic heterocycles. The van der Waals surface area contributed by atoms with Crippen LogP contribution in [0.5, 0.6) is 11.5 Å². The summed E-state index contributed by atoms with van der Waals surface area (Å²) in [6, 6.07) is 13.2. The summed E-state index contributed by atoms with van der Waals surface area (Å²) < 4.78 is 12.9. The number of halogens is 1. The largest absolute Gasteiger partial charge is 0.490 e. The van der Waals surface area contributed by atoms with Gasteiger partial charge in [0, 0.05) is 12.6 Å². The lowest BCUT2D eigenvalue weighted by Crippen LogP contribution is -2.25. The number of aryl methyl sites for hydroxylation is 1. The van der Waals surface area contributed by atoms with Crippen molar-refractivity contribution in [1.82, 2.24) is 5.32 Å². The second kappa shape index (κ2) is 9.43. The first kappa shape index (κ1) is 19.2. The van der Waals surface area contributed by atoms with E-state index in [2.05, 4.69) is 52.4 Å². The predicted molar refractivity (Wildman–Crippen MR) is 110 cm³/mol. The molecule has 1 aliphatic carbocycles. The molecular formula is C22H28BrNO2. The fourth-order valence-corrected chi connectivity index (χ4v) is 4.04. The summed E-state index contributed by atoms with van der Waals surface area (Å²) in [7, 11) is 0. The zero-order valence-electron chi connectivity index (χ0n) is 15.7. The summed E-state index contributed by atoms with van der Waals surface area (Å²) >= 11 is 3.68. The predicted octanol–water partition coefficient (Wildman–Crippen LogP) is 5.77. The van der Waals surface area contributed by atoms with Crippen LogP contribution in [0.2, 0.25) is 0 Å². The molecule has 2 aromatic carbocycles. The third-order valence-electron chi connectivity index (χ3n) is 4.95. The second-order valence-electron chi connectivity index (χ2n) is 6.92. The summed E-state index contributed by atoms with van der Waals surface area (Å²) in [6.45, 7) is 6.12. The van der Waals surface area contributed by atoms with Crippen LogP contribution in [0.1, 0.15) is 49.3 Å². The van der Waals surface area contributed by atoms with Crippen molar-refractivity contribution in [1.29, 1.82) is 0 Å². The highest BCUT2D eigenvalue weighted by Crippen LogP contribution is 2.37. The third-order valence-corrected chi connectivity index (χ3v) is 5.54. The molecule has 0 unspecified atom stereocenters. The lowest BCUT2D eigenvalue weighted by atomic mass is 10.1. The van der Waals surface area contributed by atoms with Crippen LogP contribution in [-0.2, 0) is 13.2 Å². The van der Waals surface area contributed by atoms with Crippen LogP contribution in [0, 0.1) is 6.92 Å². The van der Waals surface area contributed by atoms with E-state index in [9.17, 15) is 0 Å². The molecule has 0 radical (unpaired) electrons. The highest BCUT2D eigenvalue weighted by Gasteiger charge is 2.16. The number of benzene rings is 2. The molecule has 0 amide bonds. The zero-order valence-corrected chi connectivity index (χ0v) is 17.3. The Balaban J connectivity index is 1.72. The van der Waals surface area contributed by atoms with E-state index < -0.39 is 0 Å². The van der Waals surface area contributed by atoms with Gasteiger partial charge >= 0.3 is 0 Å². The molecule has 0 bridgehead atoms. The van der Waals surface area contributed by atoms with E-state index in [4.69, 9.17) is 9.47 Å². The highest BCUT2D eigenvalue weighted by atomic mass is 79.9. The maximum Gasteiger partial charge on any atom is 0.175 e. The number of rotatable bonds is 8. The monoisotopic (exact) mass is 417 g/mol. The van der Waals surface area contributed by atoms with Crippen LogP contribution in [0.3, 0.4) is 0 Å². The normalized spacial score (nSPS) is 14.6. The molecule has 0 atom stereocenters. The van der Waals surface area contributed by atoms with Crippen molar-refractivity contribution in [3.8, 4) is 11.5 Å². The van der Waals surface area contributed by atoms with Gasteiger partial charge in [0.25, 0.3) is 0 Å². The molecule has 140 valence electrons. The average molecular weight is 418 g/mol. The number of nitrogens with one attached hydrogen (secondary N) is 1. The van der Waals surface area contributed by atoms with Gasteiger partial charge in [0.1, 0.15) is 6.61 Å². The van der Waals surface area contributed by atoms with E-state index in [1.807, 2.05) is 19.1 Å². The fraction of sp³-hybridized carbons (Fsp3) is 0.455. The van der Waals surface area contributed by atoms with Crippen molar-refractivity contribution < 1.29 is 9.47 Å². The average Bonchev–Trinajstić information content (AvgIpc) is 3.14. The van der Waals surface area contributed by atoms with Crippen molar-refractivity contribution in [2.75, 3.05) is 6.61 Å². The van der Waals surface area contributed by atoms with Crippen LogP contribution in [0.4, 0.5) is 0 Å². The van der Waals surface area contributed by atoms with E-state index in [0.29, 0.717) is 19.3 Å². The molecule has 1 saturated carbocycles. The van der Waals surface area contributed by atoms with Gasteiger partial charge in [-0.15, -0.1) is 0 Å². The molecule has 2 aromatic rings. The van der Waals surface area contributed by atoms with Crippen LogP contribution in [0.15, 0.2) is 40.9 Å². The quantitative estimate of drug-likeness (QED) is 0.591. The first-order chi connectivity index (χ1) is 12.7. The first-order valence-corrected chi connectivity index (χ1v) is 10.3. The summed E-state index contributed by atoms with van der Waals surface area (Å²) in [4.78, 5) is 0. The Morgan fingerprint density at radius 3 is 2.62 bits per heavy atom. The summed E-state index contributed by atoms with van der Waals surface area (Å²) in [6.07, 6.45) is 5.27. The summed E-state index contributed by atoms with van der Waals surface area (Å²) in [5.41, 5.74) is 3.64. The minimum absolute atomic E-state index is 0.533. The summed E-state index contributed by atoms with van der Waals surface area (Å²) in [5, 5.41) is 3.66. The van der Waals surface area contributed by atoms with E-state index in [-0.39, 0.29) is 0 Å². The van der Waals surface area contributed by atoms with Crippen molar-refractivity contribution in [3.63, 3.8) is 0 Å². The molecule has 26 heavy (non-hydrogen) atoms. The van der Waals surface area contributed by atoms with E-state index in [1.165, 1.54) is 42.4 Å². The van der Waals surface area contributed by atoms with Gasteiger partial charge in [0.15, 0.2) is 11.5 Å². The van der Waals surface area contributed by atoms with E-state index in [0.717, 1.165) is 22.5 Å². The Kier molecular flexibility index (Phi) is 6.98. The topological polar surface area (TPSA) is 30.5 Å². The van der Waals surface area contributed by atoms with Gasteiger partial charge in [0.2, 0.25) is 0 Å². The van der Waals surface area contributed by atoms with Crippen LogP contribution >= 0.6 is 15.9 Å². The van der Waals surface area contributed by atoms with Crippen LogP contribution in [-0.4, -0.2) is 12.6 Å². The summed E-state index contributed by atoms with van der Waals surface area (Å²) in [5.74, 6) is 1.58. The SMILES string of the molecule is CCOc1cc(CNC2CCCC2)cc(Br)c1OCc1ccccc1C. The highest BCUT2D eigenvalue weighted by molar-refractivity contribution is 9.10. The minimum atomic E-state index is 0.533. The molecule has 0 spiro atoms. The van der Waals surface area contributed by atoms with Gasteiger partial charge in [-0.1, -0.05) is 37.1 Å². The van der Waals surface area contributed by atoms with E-state index >= 15 is 0 Å². The van der Waals surface area contributed by atoms with E-state index in [1.54, 1.807) is 0 Å². The van der Waals surface area contributed by atoms with Gasteiger partial charge in [-0.3, -0.25) is 0 Å².